The molecule has 5 aliphatic carbocycles. The fourth-order valence-corrected chi connectivity index (χ4v) is 12.8. The van der Waals surface area contributed by atoms with Crippen LogP contribution in [0.1, 0.15) is 107 Å². The molecule has 13 heteroatoms. The van der Waals surface area contributed by atoms with Crippen molar-refractivity contribution in [3.8, 4) is 0 Å². The number of allylic oxidation sites excluding steroid dienone is 1. The fraction of sp³-hybridized carbons (Fsp3) is 0.850. The first-order valence-corrected chi connectivity index (χ1v) is 19.4. The molecule has 2 heterocycles. The smallest absolute Gasteiger partial charge is 0.317 e. The number of hydrogen-bond acceptors (Lipinski definition) is 12. The number of Topliss-reactive ketones (excluding diaryl/α,β-unsaturated/α-hetero) is 1. The zero-order valence-electron chi connectivity index (χ0n) is 32.3. The van der Waals surface area contributed by atoms with Crippen LogP contribution in [0.3, 0.4) is 0 Å². The maximum atomic E-state index is 14.3. The molecule has 6 fully saturated rings. The lowest BCUT2D eigenvalue weighted by Gasteiger charge is -2.60. The summed E-state index contributed by atoms with van der Waals surface area (Å²) in [5.74, 6) is -3.35. The molecule has 53 heavy (non-hydrogen) atoms. The van der Waals surface area contributed by atoms with Crippen LogP contribution in [0.4, 0.5) is 0 Å². The molecule has 0 amide bonds. The Hall–Kier alpha value is -2.42. The molecule has 0 bridgehead atoms. The highest BCUT2D eigenvalue weighted by molar-refractivity contribution is 5.91. The number of carboxylic acids is 1. The Balaban J connectivity index is 1.13. The van der Waals surface area contributed by atoms with Crippen molar-refractivity contribution < 1.29 is 63.3 Å². The van der Waals surface area contributed by atoms with Gasteiger partial charge in [-0.05, 0) is 92.3 Å². The Kier molecular flexibility index (Phi) is 9.19. The number of fused-ring (bicyclic) bond motifs is 2. The molecule has 2 aliphatic heterocycles. The van der Waals surface area contributed by atoms with Crippen LogP contribution in [-0.4, -0.2) is 105 Å². The van der Waals surface area contributed by atoms with E-state index in [0.717, 1.165) is 32.1 Å². The SMILES string of the molecule is CC(=O)O[C@H](C[C@@H](C)[C@H]1C(=O)[C@H](O)[C@@]2(C)C3=CC[C@H]4C(C)(C)[C@@H](O[C@@H]5OC[C@@H](O)[C@H](O)[C@H]5OC(=O)CC(=O)O)CC[C@@]45C[C@]35CC[C@]12C)[C@@H]1OC1(C)C. The molecule has 4 saturated carbocycles. The Morgan fingerprint density at radius 3 is 2.34 bits per heavy atom. The summed E-state index contributed by atoms with van der Waals surface area (Å²) in [6.07, 6.45) is -0.962. The van der Waals surface area contributed by atoms with Crippen LogP contribution in [0, 0.1) is 44.8 Å². The predicted molar refractivity (Wildman–Crippen MR) is 186 cm³/mol. The molecular weight excluding hydrogens is 688 g/mol. The van der Waals surface area contributed by atoms with Crippen LogP contribution in [0.2, 0.25) is 0 Å². The second-order valence-corrected chi connectivity index (χ2v) is 19.0. The number of rotatable bonds is 10. The molecule has 0 aromatic heterocycles. The summed E-state index contributed by atoms with van der Waals surface area (Å²) >= 11 is 0. The number of carbonyl (C=O) groups is 4. The lowest BCUT2D eigenvalue weighted by atomic mass is 9.44. The number of hydrogen-bond donors (Lipinski definition) is 4. The van der Waals surface area contributed by atoms with Crippen molar-refractivity contribution in [2.75, 3.05) is 6.61 Å². The third-order valence-electron chi connectivity index (χ3n) is 15.6. The first-order valence-electron chi connectivity index (χ1n) is 19.4. The number of ether oxygens (including phenoxy) is 5. The van der Waals surface area contributed by atoms with Crippen LogP contribution >= 0.6 is 0 Å². The van der Waals surface area contributed by atoms with Crippen LogP contribution in [0.25, 0.3) is 0 Å². The van der Waals surface area contributed by atoms with E-state index in [-0.39, 0.29) is 53.2 Å². The standard InChI is InChI=1S/C40H58O13/c1-19(15-22(50-20(2)41)33-36(5,6)53-33)28-30(47)32(48)38(8)24-10-9-23-35(3,4)25(11-12-39(23)18-40(24,39)14-13-37(28,38)7)51-34-31(29(46)21(42)17-49-34)52-27(45)16-26(43)44/h10,19,21-23,25,28-29,31-34,42,46,48H,9,11-18H2,1-8H3,(H,43,44)/t19-,21-,22-,23+,25+,28+,29+,31-,32+,33+,34+,37-,38-,39-,40-/m1/s1. The summed E-state index contributed by atoms with van der Waals surface area (Å²) in [6.45, 7) is 15.8. The number of aliphatic carboxylic acids is 1. The molecular formula is C40H58O13. The monoisotopic (exact) mass is 746 g/mol. The highest BCUT2D eigenvalue weighted by atomic mass is 16.7. The van der Waals surface area contributed by atoms with E-state index in [0.29, 0.717) is 12.8 Å². The van der Waals surface area contributed by atoms with Gasteiger partial charge in [0.2, 0.25) is 0 Å². The second kappa shape index (κ2) is 12.5. The van der Waals surface area contributed by atoms with Crippen molar-refractivity contribution >= 4 is 23.7 Å². The number of esters is 2. The summed E-state index contributed by atoms with van der Waals surface area (Å²) in [7, 11) is 0. The van der Waals surface area contributed by atoms with Gasteiger partial charge in [0.15, 0.2) is 18.2 Å². The molecule has 296 valence electrons. The predicted octanol–water partition coefficient (Wildman–Crippen LogP) is 3.48. The second-order valence-electron chi connectivity index (χ2n) is 19.0. The first kappa shape index (κ1) is 38.8. The molecule has 4 N–H and O–H groups in total. The minimum atomic E-state index is -1.51. The molecule has 7 rings (SSSR count). The third-order valence-corrected chi connectivity index (χ3v) is 15.6. The van der Waals surface area contributed by atoms with Crippen molar-refractivity contribution in [2.45, 2.75) is 161 Å². The number of aliphatic hydroxyl groups is 3. The number of ketones is 1. The van der Waals surface area contributed by atoms with E-state index >= 15 is 0 Å². The lowest BCUT2D eigenvalue weighted by molar-refractivity contribution is -0.303. The number of epoxide rings is 1. The molecule has 0 aromatic carbocycles. The number of carboxylic acid groups (broad SMARTS) is 1. The number of aliphatic hydroxyl groups excluding tert-OH is 3. The van der Waals surface area contributed by atoms with Gasteiger partial charge in [0, 0.05) is 18.3 Å². The topological polar surface area (TPSA) is 199 Å². The first-order chi connectivity index (χ1) is 24.6. The average molecular weight is 747 g/mol. The minimum Gasteiger partial charge on any atom is -0.481 e. The van der Waals surface area contributed by atoms with E-state index in [9.17, 15) is 34.5 Å². The van der Waals surface area contributed by atoms with E-state index in [1.165, 1.54) is 12.5 Å². The quantitative estimate of drug-likeness (QED) is 0.110. The summed E-state index contributed by atoms with van der Waals surface area (Å²) in [4.78, 5) is 49.8. The van der Waals surface area contributed by atoms with Gasteiger partial charge < -0.3 is 44.1 Å². The van der Waals surface area contributed by atoms with E-state index in [4.69, 9.17) is 28.8 Å². The van der Waals surface area contributed by atoms with E-state index in [1.54, 1.807) is 0 Å². The Labute approximate surface area is 311 Å². The molecule has 13 nitrogen and oxygen atoms in total. The maximum Gasteiger partial charge on any atom is 0.317 e. The van der Waals surface area contributed by atoms with Gasteiger partial charge in [-0.3, -0.25) is 19.2 Å². The highest BCUT2D eigenvalue weighted by Crippen LogP contribution is 2.87. The maximum absolute atomic E-state index is 14.3. The van der Waals surface area contributed by atoms with Gasteiger partial charge in [-0.2, -0.15) is 0 Å². The van der Waals surface area contributed by atoms with Crippen molar-refractivity contribution in [1.82, 2.24) is 0 Å². The molecule has 0 radical (unpaired) electrons. The van der Waals surface area contributed by atoms with Crippen molar-refractivity contribution in [2.24, 2.45) is 44.8 Å². The number of carbonyl (C=O) groups excluding carboxylic acids is 3. The molecule has 2 spiro atoms. The Bertz CT molecular complexity index is 1590. The van der Waals surface area contributed by atoms with Crippen LogP contribution in [0.15, 0.2) is 11.6 Å². The Morgan fingerprint density at radius 2 is 1.72 bits per heavy atom. The minimum absolute atomic E-state index is 0.0525. The van der Waals surface area contributed by atoms with Gasteiger partial charge in [0.05, 0.1) is 18.3 Å². The van der Waals surface area contributed by atoms with Crippen LogP contribution in [-0.2, 0) is 42.9 Å². The molecule has 2 saturated heterocycles. The summed E-state index contributed by atoms with van der Waals surface area (Å²) in [6, 6.07) is 0. The highest BCUT2D eigenvalue weighted by Gasteiger charge is 2.82. The van der Waals surface area contributed by atoms with Gasteiger partial charge in [0.1, 0.15) is 36.9 Å². The average Bonchev–Trinajstić information content (AvgIpc) is 3.91. The zero-order valence-corrected chi connectivity index (χ0v) is 32.3. The van der Waals surface area contributed by atoms with E-state index in [1.807, 2.05) is 20.8 Å². The fourth-order valence-electron chi connectivity index (χ4n) is 12.8. The summed E-state index contributed by atoms with van der Waals surface area (Å²) in [5.41, 5.74) is -1.08. The normalized spacial score (nSPS) is 47.0. The van der Waals surface area contributed by atoms with E-state index < -0.39 is 82.9 Å². The summed E-state index contributed by atoms with van der Waals surface area (Å²) in [5, 5.41) is 42.1. The summed E-state index contributed by atoms with van der Waals surface area (Å²) < 4.78 is 29.2. The zero-order chi connectivity index (χ0) is 38.8. The lowest BCUT2D eigenvalue weighted by Crippen LogP contribution is -2.59. The van der Waals surface area contributed by atoms with Gasteiger partial charge in [-0.25, -0.2) is 0 Å². The van der Waals surface area contributed by atoms with Gasteiger partial charge in [-0.15, -0.1) is 0 Å². The van der Waals surface area contributed by atoms with Crippen molar-refractivity contribution in [3.05, 3.63) is 11.6 Å². The van der Waals surface area contributed by atoms with E-state index in [2.05, 4.69) is 33.8 Å². The Morgan fingerprint density at radius 1 is 1.04 bits per heavy atom. The van der Waals surface area contributed by atoms with Gasteiger partial charge in [-0.1, -0.05) is 46.3 Å². The molecule has 0 aromatic rings. The molecule has 7 aliphatic rings. The largest absolute Gasteiger partial charge is 0.481 e. The molecule has 15 atom stereocenters. The van der Waals surface area contributed by atoms with Crippen LogP contribution < -0.4 is 0 Å². The third kappa shape index (κ3) is 5.60. The van der Waals surface area contributed by atoms with Crippen LogP contribution in [0.5, 0.6) is 0 Å². The van der Waals surface area contributed by atoms with Gasteiger partial charge >= 0.3 is 17.9 Å². The van der Waals surface area contributed by atoms with Crippen molar-refractivity contribution in [1.29, 1.82) is 0 Å². The van der Waals surface area contributed by atoms with Gasteiger partial charge in [0.25, 0.3) is 0 Å². The molecule has 0 unspecified atom stereocenters. The van der Waals surface area contributed by atoms with Crippen molar-refractivity contribution in [3.63, 3.8) is 0 Å².